The third-order valence-electron chi connectivity index (χ3n) is 2.40. The van der Waals surface area contributed by atoms with Crippen LogP contribution in [0.25, 0.3) is 11.1 Å². The average Bonchev–Trinajstić information content (AvgIpc) is 2.31. The van der Waals surface area contributed by atoms with Crippen LogP contribution in [0.2, 0.25) is 0 Å². The van der Waals surface area contributed by atoms with Gasteiger partial charge in [0.25, 0.3) is 0 Å². The highest BCUT2D eigenvalue weighted by Gasteiger charge is 2.32. The number of rotatable bonds is 2. The van der Waals surface area contributed by atoms with Gasteiger partial charge in [-0.2, -0.15) is 0 Å². The van der Waals surface area contributed by atoms with E-state index in [1.165, 1.54) is 12.1 Å². The van der Waals surface area contributed by atoms with Gasteiger partial charge in [-0.3, -0.25) is 0 Å². The topological polar surface area (TPSA) is 49.7 Å². The molecular formula is C13H9F3O3. The van der Waals surface area contributed by atoms with Crippen LogP contribution in [0.4, 0.5) is 13.2 Å². The molecule has 0 saturated heterocycles. The zero-order valence-corrected chi connectivity index (χ0v) is 9.48. The molecule has 0 radical (unpaired) electrons. The molecule has 2 aromatic rings. The van der Waals surface area contributed by atoms with Gasteiger partial charge in [-0.05, 0) is 23.8 Å². The van der Waals surface area contributed by atoms with E-state index < -0.39 is 17.9 Å². The SMILES string of the molecule is Oc1ccc(-c2ccccc2O)cc1OC(F)(F)F. The van der Waals surface area contributed by atoms with Gasteiger partial charge >= 0.3 is 6.36 Å². The molecule has 2 aromatic carbocycles. The zero-order valence-electron chi connectivity index (χ0n) is 9.48. The van der Waals surface area contributed by atoms with Crippen molar-refractivity contribution in [2.45, 2.75) is 6.36 Å². The van der Waals surface area contributed by atoms with E-state index in [2.05, 4.69) is 4.74 Å². The molecule has 0 aliphatic heterocycles. The summed E-state index contributed by atoms with van der Waals surface area (Å²) in [4.78, 5) is 0. The number of aromatic hydroxyl groups is 2. The minimum Gasteiger partial charge on any atom is -0.507 e. The molecule has 0 spiro atoms. The van der Waals surface area contributed by atoms with E-state index in [9.17, 15) is 23.4 Å². The minimum absolute atomic E-state index is 0.0776. The third kappa shape index (κ3) is 3.09. The van der Waals surface area contributed by atoms with Crippen LogP contribution in [0, 0.1) is 0 Å². The lowest BCUT2D eigenvalue weighted by Gasteiger charge is -2.12. The van der Waals surface area contributed by atoms with Gasteiger partial charge in [0.15, 0.2) is 11.5 Å². The molecule has 3 nitrogen and oxygen atoms in total. The molecule has 6 heteroatoms. The fourth-order valence-electron chi connectivity index (χ4n) is 1.61. The highest BCUT2D eigenvalue weighted by molar-refractivity contribution is 5.72. The Morgan fingerprint density at radius 1 is 0.895 bits per heavy atom. The van der Waals surface area contributed by atoms with Crippen molar-refractivity contribution in [1.82, 2.24) is 0 Å². The van der Waals surface area contributed by atoms with Crippen LogP contribution >= 0.6 is 0 Å². The Balaban J connectivity index is 2.44. The Morgan fingerprint density at radius 2 is 1.58 bits per heavy atom. The fraction of sp³-hybridized carbons (Fsp3) is 0.0769. The highest BCUT2D eigenvalue weighted by atomic mass is 19.4. The van der Waals surface area contributed by atoms with E-state index in [4.69, 9.17) is 0 Å². The Kier molecular flexibility index (Phi) is 3.25. The Labute approximate surface area is 106 Å². The molecule has 0 aromatic heterocycles. The number of ether oxygens (including phenoxy) is 1. The molecule has 0 aliphatic rings. The summed E-state index contributed by atoms with van der Waals surface area (Å²) in [5.41, 5.74) is 0.643. The van der Waals surface area contributed by atoms with E-state index in [1.807, 2.05) is 0 Å². The van der Waals surface area contributed by atoms with Gasteiger partial charge in [-0.15, -0.1) is 13.2 Å². The first-order chi connectivity index (χ1) is 8.87. The van der Waals surface area contributed by atoms with Gasteiger partial charge in [0.1, 0.15) is 5.75 Å². The summed E-state index contributed by atoms with van der Waals surface area (Å²) in [5, 5.41) is 19.0. The smallest absolute Gasteiger partial charge is 0.507 e. The number of phenols is 2. The zero-order chi connectivity index (χ0) is 14.0. The Hall–Kier alpha value is -2.37. The molecule has 0 aliphatic carbocycles. The Bertz CT molecular complexity index is 594. The third-order valence-corrected chi connectivity index (χ3v) is 2.40. The summed E-state index contributed by atoms with van der Waals surface area (Å²) in [5.74, 6) is -1.42. The normalized spacial score (nSPS) is 11.3. The predicted molar refractivity (Wildman–Crippen MR) is 61.9 cm³/mol. The molecule has 100 valence electrons. The van der Waals surface area contributed by atoms with Crippen LogP contribution in [0.15, 0.2) is 42.5 Å². The van der Waals surface area contributed by atoms with Crippen LogP contribution in [0.3, 0.4) is 0 Å². The van der Waals surface area contributed by atoms with Gasteiger partial charge in [0.05, 0.1) is 0 Å². The number of halogens is 3. The summed E-state index contributed by atoms with van der Waals surface area (Å²) >= 11 is 0. The summed E-state index contributed by atoms with van der Waals surface area (Å²) in [6, 6.07) is 9.64. The molecule has 0 heterocycles. The van der Waals surface area contributed by atoms with Crippen LogP contribution < -0.4 is 4.74 Å². The minimum atomic E-state index is -4.89. The van der Waals surface area contributed by atoms with E-state index in [1.54, 1.807) is 18.2 Å². The molecular weight excluding hydrogens is 261 g/mol. The van der Waals surface area contributed by atoms with Gasteiger partial charge in [-0.1, -0.05) is 24.3 Å². The maximum Gasteiger partial charge on any atom is 0.573 e. The molecule has 19 heavy (non-hydrogen) atoms. The van der Waals surface area contributed by atoms with Crippen LogP contribution in [-0.2, 0) is 0 Å². The average molecular weight is 270 g/mol. The van der Waals surface area contributed by atoms with Crippen LogP contribution in [-0.4, -0.2) is 16.6 Å². The first-order valence-electron chi connectivity index (χ1n) is 5.24. The summed E-state index contributed by atoms with van der Waals surface area (Å²) in [7, 11) is 0. The lowest BCUT2D eigenvalue weighted by Crippen LogP contribution is -2.17. The number of hydrogen-bond donors (Lipinski definition) is 2. The molecule has 0 atom stereocenters. The van der Waals surface area contributed by atoms with Crippen molar-refractivity contribution in [3.05, 3.63) is 42.5 Å². The van der Waals surface area contributed by atoms with E-state index >= 15 is 0 Å². The van der Waals surface area contributed by atoms with Crippen LogP contribution in [0.5, 0.6) is 17.2 Å². The number of para-hydroxylation sites is 1. The van der Waals surface area contributed by atoms with Crippen molar-refractivity contribution in [3.8, 4) is 28.4 Å². The lowest BCUT2D eigenvalue weighted by atomic mass is 10.0. The molecule has 0 fully saturated rings. The fourth-order valence-corrected chi connectivity index (χ4v) is 1.61. The summed E-state index contributed by atoms with van der Waals surface area (Å²) < 4.78 is 40.2. The van der Waals surface area contributed by atoms with Gasteiger partial charge in [-0.25, -0.2) is 0 Å². The molecule has 2 rings (SSSR count). The monoisotopic (exact) mass is 270 g/mol. The largest absolute Gasteiger partial charge is 0.573 e. The molecule has 0 unspecified atom stereocenters. The van der Waals surface area contributed by atoms with Crippen molar-refractivity contribution >= 4 is 0 Å². The van der Waals surface area contributed by atoms with E-state index in [0.29, 0.717) is 11.1 Å². The summed E-state index contributed by atoms with van der Waals surface area (Å²) in [6.07, 6.45) is -4.89. The predicted octanol–water partition coefficient (Wildman–Crippen LogP) is 3.66. The Morgan fingerprint density at radius 3 is 2.21 bits per heavy atom. The van der Waals surface area contributed by atoms with Crippen LogP contribution in [0.1, 0.15) is 0 Å². The lowest BCUT2D eigenvalue weighted by molar-refractivity contribution is -0.275. The van der Waals surface area contributed by atoms with Gasteiger partial charge < -0.3 is 14.9 Å². The number of hydrogen-bond acceptors (Lipinski definition) is 3. The van der Waals surface area contributed by atoms with E-state index in [-0.39, 0.29) is 5.75 Å². The standard InChI is InChI=1S/C13H9F3O3/c14-13(15,16)19-12-7-8(5-6-11(12)18)9-3-1-2-4-10(9)17/h1-7,17-18H. The van der Waals surface area contributed by atoms with Crippen molar-refractivity contribution < 1.29 is 28.1 Å². The second kappa shape index (κ2) is 4.72. The first kappa shape index (κ1) is 13.1. The van der Waals surface area contributed by atoms with E-state index in [0.717, 1.165) is 12.1 Å². The molecule has 0 amide bonds. The highest BCUT2D eigenvalue weighted by Crippen LogP contribution is 2.37. The second-order valence-corrected chi connectivity index (χ2v) is 3.75. The van der Waals surface area contributed by atoms with Gasteiger partial charge in [0, 0.05) is 5.56 Å². The first-order valence-corrected chi connectivity index (χ1v) is 5.24. The maximum absolute atomic E-state index is 12.2. The van der Waals surface area contributed by atoms with Crippen molar-refractivity contribution in [2.24, 2.45) is 0 Å². The number of alkyl halides is 3. The maximum atomic E-state index is 12.2. The second-order valence-electron chi connectivity index (χ2n) is 3.75. The number of phenolic OH excluding ortho intramolecular Hbond substituents is 2. The molecule has 2 N–H and O–H groups in total. The van der Waals surface area contributed by atoms with Gasteiger partial charge in [0.2, 0.25) is 0 Å². The summed E-state index contributed by atoms with van der Waals surface area (Å²) in [6.45, 7) is 0. The van der Waals surface area contributed by atoms with Crippen molar-refractivity contribution in [1.29, 1.82) is 0 Å². The quantitative estimate of drug-likeness (QED) is 0.875. The number of benzene rings is 2. The molecule has 0 saturated carbocycles. The van der Waals surface area contributed by atoms with Crippen molar-refractivity contribution in [3.63, 3.8) is 0 Å². The molecule has 0 bridgehead atoms. The van der Waals surface area contributed by atoms with Crippen molar-refractivity contribution in [2.75, 3.05) is 0 Å².